The Morgan fingerprint density at radius 2 is 0.545 bits per heavy atom. The first kappa shape index (κ1) is 53.2. The van der Waals surface area contributed by atoms with Gasteiger partial charge < -0.3 is 33.8 Å². The Morgan fingerprint density at radius 1 is 0.283 bits per heavy atom. The van der Waals surface area contributed by atoms with E-state index in [0.29, 0.717) is 11.3 Å². The van der Waals surface area contributed by atoms with Crippen molar-refractivity contribution in [3.63, 3.8) is 0 Å². The molecule has 0 atom stereocenters. The van der Waals surface area contributed by atoms with E-state index >= 15 is 0 Å². The molecule has 1 aromatic heterocycles. The molecule has 0 N–H and O–H groups in total. The van der Waals surface area contributed by atoms with Crippen molar-refractivity contribution in [1.82, 2.24) is 0 Å². The first-order valence-corrected chi connectivity index (χ1v) is 34.0. The van der Waals surface area contributed by atoms with E-state index in [1.54, 1.807) is 0 Å². The number of nitriles is 1. The summed E-state index contributed by atoms with van der Waals surface area (Å²) in [6.07, 6.45) is 0. The average Bonchev–Trinajstić information content (AvgIpc) is 1.04. The number of fused-ring (bicyclic) bond motifs is 23. The number of rotatable bonds is 4. The molecule has 9 nitrogen and oxygen atoms in total. The van der Waals surface area contributed by atoms with Gasteiger partial charge in [0.25, 0.3) is 13.4 Å². The molecular formula is C86H48B4N8O. The number of hydrogen-bond donors (Lipinski definition) is 0. The van der Waals surface area contributed by atoms with Gasteiger partial charge in [0, 0.05) is 103 Å². The zero-order valence-electron chi connectivity index (χ0n) is 53.0. The highest BCUT2D eigenvalue weighted by Crippen LogP contribution is 2.57. The van der Waals surface area contributed by atoms with Gasteiger partial charge in [0.05, 0.1) is 34.9 Å². The first-order chi connectivity index (χ1) is 49.1. The second-order valence-electron chi connectivity index (χ2n) is 27.0. The fraction of sp³-hybridized carbons (Fsp3) is 0. The maximum atomic E-state index is 12.5. The summed E-state index contributed by atoms with van der Waals surface area (Å²) >= 11 is 0. The van der Waals surface area contributed by atoms with Gasteiger partial charge in [-0.25, -0.2) is 4.85 Å². The Kier molecular flexibility index (Phi) is 10.4. The van der Waals surface area contributed by atoms with Crippen LogP contribution < -0.4 is 95.0 Å². The van der Waals surface area contributed by atoms with Crippen LogP contribution in [-0.4, -0.2) is 26.9 Å². The molecule has 0 saturated carbocycles. The third kappa shape index (κ3) is 6.62. The van der Waals surface area contributed by atoms with Gasteiger partial charge in [-0.1, -0.05) is 194 Å². The van der Waals surface area contributed by atoms with Crippen LogP contribution in [0.25, 0.3) is 26.8 Å². The molecule has 8 aliphatic rings. The van der Waals surface area contributed by atoms with E-state index < -0.39 is 0 Å². The lowest BCUT2D eigenvalue weighted by atomic mass is 9.28. The Morgan fingerprint density at radius 3 is 0.869 bits per heavy atom. The van der Waals surface area contributed by atoms with E-state index in [2.05, 4.69) is 327 Å². The SMILES string of the molecule is [C-]#[N+]c1c2c3c4c5c1N(c1ccccc1)c1cc6oc7cc8c(cc7c6cc1B5c1ccccc1N4c1ccccc1B3c1ccccc1N2c1ccccc1)B1c2ccccc2N2c3ccccc3B3c4ccccc4N(c4ccccc4)c4c(C#N)c(c1c2c43)N8c1ccccc1. The first-order valence-electron chi connectivity index (χ1n) is 34.0. The Hall–Kier alpha value is -13.1. The molecular weight excluding hydrogens is 1200 g/mol. The van der Waals surface area contributed by atoms with E-state index in [-0.39, 0.29) is 26.9 Å². The second kappa shape index (κ2) is 19.3. The van der Waals surface area contributed by atoms with Crippen LogP contribution in [-0.2, 0) is 0 Å². The highest BCUT2D eigenvalue weighted by Gasteiger charge is 2.56. The Bertz CT molecular complexity index is 5850. The molecule has 0 fully saturated rings. The molecule has 0 bridgehead atoms. The molecule has 450 valence electrons. The largest absolute Gasteiger partial charge is 0.456 e. The molecule has 8 aliphatic heterocycles. The number of hydrogen-bond acceptors (Lipinski definition) is 8. The van der Waals surface area contributed by atoms with Gasteiger partial charge >= 0.3 is 0 Å². The highest BCUT2D eigenvalue weighted by atomic mass is 16.3. The molecule has 23 rings (SSSR count). The number of furan rings is 1. The minimum absolute atomic E-state index is 0.172. The van der Waals surface area contributed by atoms with E-state index in [1.807, 2.05) is 0 Å². The maximum absolute atomic E-state index is 12.5. The van der Waals surface area contributed by atoms with Crippen molar-refractivity contribution in [2.75, 3.05) is 29.4 Å². The van der Waals surface area contributed by atoms with Gasteiger partial charge in [-0.3, -0.25) is 0 Å². The van der Waals surface area contributed by atoms with Gasteiger partial charge in [0.15, 0.2) is 0 Å². The van der Waals surface area contributed by atoms with Crippen LogP contribution in [0, 0.1) is 17.9 Å². The van der Waals surface area contributed by atoms with Crippen LogP contribution in [0.2, 0.25) is 0 Å². The van der Waals surface area contributed by atoms with E-state index in [1.165, 1.54) is 27.3 Å². The molecule has 0 aliphatic carbocycles. The fourth-order valence-electron chi connectivity index (χ4n) is 19.1. The van der Waals surface area contributed by atoms with Crippen molar-refractivity contribution in [3.05, 3.63) is 308 Å². The Labute approximate surface area is 572 Å². The lowest BCUT2D eigenvalue weighted by molar-refractivity contribution is 0.669. The summed E-state index contributed by atoms with van der Waals surface area (Å²) in [4.78, 5) is 19.4. The third-order valence-electron chi connectivity index (χ3n) is 22.5. The van der Waals surface area contributed by atoms with Crippen LogP contribution in [0.5, 0.6) is 0 Å². The summed E-state index contributed by atoms with van der Waals surface area (Å²) in [5.74, 6) is 0. The summed E-state index contributed by atoms with van der Waals surface area (Å²) < 4.78 is 7.55. The lowest BCUT2D eigenvalue weighted by Gasteiger charge is -2.51. The predicted octanol–water partition coefficient (Wildman–Crippen LogP) is 13.4. The van der Waals surface area contributed by atoms with Crippen molar-refractivity contribution < 1.29 is 4.42 Å². The number of benzene rings is 14. The third-order valence-corrected chi connectivity index (χ3v) is 22.5. The minimum Gasteiger partial charge on any atom is -0.456 e. The quantitative estimate of drug-likeness (QED) is 0.128. The lowest BCUT2D eigenvalue weighted by Crippen LogP contribution is -2.69. The summed E-state index contributed by atoms with van der Waals surface area (Å²) in [7, 11) is 0. The topological polar surface area (TPSA) is 60.7 Å². The monoisotopic (exact) mass is 1250 g/mol. The van der Waals surface area contributed by atoms with Crippen molar-refractivity contribution in [2.24, 2.45) is 0 Å². The molecule has 99 heavy (non-hydrogen) atoms. The van der Waals surface area contributed by atoms with Gasteiger partial charge in [-0.2, -0.15) is 5.26 Å². The summed E-state index contributed by atoms with van der Waals surface area (Å²) in [5.41, 5.74) is 34.7. The number of anilines is 18. The normalized spacial score (nSPS) is 14.2. The molecule has 9 heterocycles. The van der Waals surface area contributed by atoms with Crippen molar-refractivity contribution in [1.29, 1.82) is 5.26 Å². The van der Waals surface area contributed by atoms with E-state index in [9.17, 15) is 11.8 Å². The van der Waals surface area contributed by atoms with Crippen LogP contribution in [0.4, 0.5) is 108 Å². The Balaban J connectivity index is 0.833. The maximum Gasteiger partial charge on any atom is 0.252 e. The van der Waals surface area contributed by atoms with Crippen LogP contribution in [0.3, 0.4) is 0 Å². The predicted molar refractivity (Wildman–Crippen MR) is 411 cm³/mol. The molecule has 15 aromatic rings. The van der Waals surface area contributed by atoms with Gasteiger partial charge in [-0.05, 0) is 150 Å². The molecule has 14 aromatic carbocycles. The molecule has 13 heteroatoms. The number of para-hydroxylation sites is 10. The molecule has 0 saturated heterocycles. The van der Waals surface area contributed by atoms with E-state index in [0.717, 1.165) is 163 Å². The average molecular weight is 1250 g/mol. The molecule has 0 spiro atoms. The summed E-state index contributed by atoms with van der Waals surface area (Å²) in [6, 6.07) is 108. The number of nitrogens with zero attached hydrogens (tertiary/aromatic N) is 8. The highest BCUT2D eigenvalue weighted by molar-refractivity contribution is 7.06. The fourth-order valence-corrected chi connectivity index (χ4v) is 19.1. The van der Waals surface area contributed by atoms with Crippen molar-refractivity contribution in [3.8, 4) is 6.07 Å². The zero-order valence-corrected chi connectivity index (χ0v) is 53.0. The van der Waals surface area contributed by atoms with Crippen LogP contribution in [0.1, 0.15) is 5.56 Å². The van der Waals surface area contributed by atoms with Crippen molar-refractivity contribution >= 4 is 222 Å². The van der Waals surface area contributed by atoms with Crippen LogP contribution in [0.15, 0.2) is 296 Å². The minimum atomic E-state index is -0.311. The molecule has 0 unspecified atom stereocenters. The standard InChI is InChI=1S/C86H48B4N8O/c1-92-80-85-78-84-79-86(80)96(54-32-12-5-13-33-54)73-49-75-56(47-65(73)90(79)63-39-19-25-45-71(63)98(84)69-43-23-17-37-61(69)88(78)59-35-15-21-41-67(59)94(85)52-28-8-3-9-29-52)55-46-64-72(48-74(55)99-75)95(53-30-10-4-11-31-53)82-57(50-91)81-76-83-77(82)89(64)62-38-18-24-44-70(62)97(83)68-42-22-16-36-60(68)87(76)58-34-14-20-40-66(58)93(81)51-26-6-2-7-27-51/h2-49H. The molecule has 0 radical (unpaired) electrons. The second-order valence-corrected chi connectivity index (χ2v) is 27.0. The summed E-state index contributed by atoms with van der Waals surface area (Å²) in [5, 5.41) is 14.5. The zero-order chi connectivity index (χ0) is 64.6. The van der Waals surface area contributed by atoms with Gasteiger partial charge in [-0.15, -0.1) is 0 Å². The van der Waals surface area contributed by atoms with Crippen molar-refractivity contribution in [2.45, 2.75) is 0 Å². The smallest absolute Gasteiger partial charge is 0.252 e. The van der Waals surface area contributed by atoms with Gasteiger partial charge in [0.1, 0.15) is 17.2 Å². The van der Waals surface area contributed by atoms with Crippen LogP contribution >= 0.6 is 0 Å². The van der Waals surface area contributed by atoms with E-state index in [4.69, 9.17) is 9.26 Å². The van der Waals surface area contributed by atoms with Gasteiger partial charge in [0.2, 0.25) is 19.1 Å². The summed E-state index contributed by atoms with van der Waals surface area (Å²) in [6.45, 7) is 8.80. The molecule has 0 amide bonds.